The number of ketones is 1. The average molecular weight is 464 g/mol. The van der Waals surface area contributed by atoms with Crippen molar-refractivity contribution >= 4 is 28.3 Å². The number of hydrogen-bond donors (Lipinski definition) is 1. The van der Waals surface area contributed by atoms with Crippen LogP contribution in [0.3, 0.4) is 0 Å². The molecule has 0 saturated carbocycles. The van der Waals surface area contributed by atoms with Gasteiger partial charge in [0.05, 0.1) is 11.1 Å². The fourth-order valence-electron chi connectivity index (χ4n) is 3.63. The Bertz CT molecular complexity index is 1530. The number of aryl methyl sites for hydroxylation is 2. The minimum Gasteiger partial charge on any atom is -0.337 e. The number of halogens is 3. The maximum atomic E-state index is 13.9. The molecule has 3 aromatic carbocycles. The van der Waals surface area contributed by atoms with Crippen LogP contribution in [-0.4, -0.2) is 16.3 Å². The topological polar surface area (TPSA) is 68.2 Å². The third-order valence-electron chi connectivity index (χ3n) is 5.57. The van der Waals surface area contributed by atoms with Gasteiger partial charge in [0.25, 0.3) is 0 Å². The molecule has 4 aromatic rings. The number of pyridine rings is 1. The molecule has 0 unspecified atom stereocenters. The highest BCUT2D eigenvalue weighted by Gasteiger charge is 2.19. The van der Waals surface area contributed by atoms with Gasteiger partial charge < -0.3 is 9.88 Å². The first-order valence-electron chi connectivity index (χ1n) is 10.3. The van der Waals surface area contributed by atoms with Gasteiger partial charge in [-0.1, -0.05) is 12.1 Å². The molecule has 4 rings (SSSR count). The maximum absolute atomic E-state index is 13.9. The lowest BCUT2D eigenvalue weighted by Crippen LogP contribution is -2.24. The van der Waals surface area contributed by atoms with Crippen LogP contribution >= 0.6 is 0 Å². The number of carbonyl (C=O) groups is 2. The van der Waals surface area contributed by atoms with Crippen molar-refractivity contribution in [1.82, 2.24) is 4.57 Å². The Hall–Kier alpha value is -4.20. The zero-order valence-electron chi connectivity index (χ0n) is 18.3. The van der Waals surface area contributed by atoms with E-state index in [0.29, 0.717) is 0 Å². The monoisotopic (exact) mass is 464 g/mol. The Labute approximate surface area is 192 Å². The SMILES string of the molecule is Cc1ccc(C(=O)c2cn(CC(=O)Nc3ccc(F)c(F)c3)c3ccc(F)cc3c2=O)cc1C. The second-order valence-corrected chi connectivity index (χ2v) is 7.97. The molecule has 0 radical (unpaired) electrons. The molecule has 1 aromatic heterocycles. The third kappa shape index (κ3) is 4.47. The van der Waals surface area contributed by atoms with Gasteiger partial charge in [-0.05, 0) is 61.4 Å². The van der Waals surface area contributed by atoms with Crippen LogP contribution in [0.25, 0.3) is 10.9 Å². The Morgan fingerprint density at radius 2 is 1.65 bits per heavy atom. The van der Waals surface area contributed by atoms with Crippen LogP contribution in [0.1, 0.15) is 27.0 Å². The molecule has 1 N–H and O–H groups in total. The van der Waals surface area contributed by atoms with Gasteiger partial charge in [0.2, 0.25) is 11.3 Å². The lowest BCUT2D eigenvalue weighted by atomic mass is 9.99. The molecule has 5 nitrogen and oxygen atoms in total. The van der Waals surface area contributed by atoms with Crippen LogP contribution in [-0.2, 0) is 11.3 Å². The number of amides is 1. The lowest BCUT2D eigenvalue weighted by molar-refractivity contribution is -0.116. The number of nitrogens with one attached hydrogen (secondary N) is 1. The molecule has 0 aliphatic carbocycles. The van der Waals surface area contributed by atoms with Gasteiger partial charge in [0, 0.05) is 28.9 Å². The van der Waals surface area contributed by atoms with E-state index in [9.17, 15) is 27.6 Å². The number of fused-ring (bicyclic) bond motifs is 1. The van der Waals surface area contributed by atoms with E-state index in [2.05, 4.69) is 5.32 Å². The summed E-state index contributed by atoms with van der Waals surface area (Å²) in [7, 11) is 0. The molecule has 0 aliphatic heterocycles. The number of aromatic nitrogens is 1. The lowest BCUT2D eigenvalue weighted by Gasteiger charge is -2.14. The zero-order chi connectivity index (χ0) is 24.6. The van der Waals surface area contributed by atoms with Crippen molar-refractivity contribution in [3.8, 4) is 0 Å². The summed E-state index contributed by atoms with van der Waals surface area (Å²) in [6, 6.07) is 11.4. The maximum Gasteiger partial charge on any atom is 0.244 e. The Morgan fingerprint density at radius 1 is 0.882 bits per heavy atom. The zero-order valence-corrected chi connectivity index (χ0v) is 18.3. The van der Waals surface area contributed by atoms with Crippen molar-refractivity contribution in [3.05, 3.63) is 111 Å². The molecular weight excluding hydrogens is 445 g/mol. The highest BCUT2D eigenvalue weighted by atomic mass is 19.2. The first kappa shape index (κ1) is 23.0. The van der Waals surface area contributed by atoms with Gasteiger partial charge in [-0.2, -0.15) is 0 Å². The summed E-state index contributed by atoms with van der Waals surface area (Å²) >= 11 is 0. The summed E-state index contributed by atoms with van der Waals surface area (Å²) < 4.78 is 41.9. The first-order valence-corrected chi connectivity index (χ1v) is 10.3. The Morgan fingerprint density at radius 3 is 2.35 bits per heavy atom. The predicted octanol–water partition coefficient (Wildman–Crippen LogP) is 4.91. The highest BCUT2D eigenvalue weighted by Crippen LogP contribution is 2.19. The van der Waals surface area contributed by atoms with Crippen molar-refractivity contribution in [1.29, 1.82) is 0 Å². The van der Waals surface area contributed by atoms with E-state index in [1.807, 2.05) is 13.8 Å². The summed E-state index contributed by atoms with van der Waals surface area (Å²) in [4.78, 5) is 38.9. The number of carbonyl (C=O) groups excluding carboxylic acids is 2. The van der Waals surface area contributed by atoms with Crippen LogP contribution in [0.4, 0.5) is 18.9 Å². The van der Waals surface area contributed by atoms with Crippen molar-refractivity contribution in [2.24, 2.45) is 0 Å². The average Bonchev–Trinajstić information content (AvgIpc) is 2.79. The van der Waals surface area contributed by atoms with Crippen LogP contribution in [0, 0.1) is 31.3 Å². The summed E-state index contributed by atoms with van der Waals surface area (Å²) in [5.74, 6) is -4.03. The second kappa shape index (κ2) is 8.97. The molecule has 34 heavy (non-hydrogen) atoms. The fraction of sp³-hybridized carbons (Fsp3) is 0.115. The summed E-state index contributed by atoms with van der Waals surface area (Å²) in [6.45, 7) is 3.36. The highest BCUT2D eigenvalue weighted by molar-refractivity contribution is 6.10. The van der Waals surface area contributed by atoms with Gasteiger partial charge >= 0.3 is 0 Å². The summed E-state index contributed by atoms with van der Waals surface area (Å²) in [5.41, 5.74) is 1.52. The van der Waals surface area contributed by atoms with Gasteiger partial charge in [-0.25, -0.2) is 13.2 Å². The number of hydrogen-bond acceptors (Lipinski definition) is 3. The molecule has 0 saturated heterocycles. The van der Waals surface area contributed by atoms with Crippen molar-refractivity contribution in [3.63, 3.8) is 0 Å². The van der Waals surface area contributed by atoms with Crippen LogP contribution in [0.2, 0.25) is 0 Å². The van der Waals surface area contributed by atoms with Gasteiger partial charge in [0.1, 0.15) is 12.4 Å². The van der Waals surface area contributed by atoms with E-state index < -0.39 is 34.6 Å². The van der Waals surface area contributed by atoms with Crippen LogP contribution in [0.5, 0.6) is 0 Å². The third-order valence-corrected chi connectivity index (χ3v) is 5.57. The van der Waals surface area contributed by atoms with Crippen molar-refractivity contribution in [2.75, 3.05) is 5.32 Å². The minimum absolute atomic E-state index is 0.0340. The van der Waals surface area contributed by atoms with Gasteiger partial charge in [0.15, 0.2) is 17.4 Å². The van der Waals surface area contributed by atoms with Gasteiger partial charge in [-0.15, -0.1) is 0 Å². The van der Waals surface area contributed by atoms with Crippen LogP contribution < -0.4 is 10.7 Å². The number of benzene rings is 3. The molecule has 0 spiro atoms. The first-order chi connectivity index (χ1) is 16.1. The molecular formula is C26H19F3N2O3. The summed E-state index contributed by atoms with van der Waals surface area (Å²) in [6.07, 6.45) is 1.25. The number of nitrogens with zero attached hydrogens (tertiary/aromatic N) is 1. The quantitative estimate of drug-likeness (QED) is 0.427. The second-order valence-electron chi connectivity index (χ2n) is 7.97. The fourth-order valence-corrected chi connectivity index (χ4v) is 3.63. The van der Waals surface area contributed by atoms with E-state index >= 15 is 0 Å². The van der Waals surface area contributed by atoms with Crippen molar-refractivity contribution in [2.45, 2.75) is 20.4 Å². The van der Waals surface area contributed by atoms with E-state index in [1.54, 1.807) is 18.2 Å². The minimum atomic E-state index is -1.12. The van der Waals surface area contributed by atoms with E-state index in [1.165, 1.54) is 22.9 Å². The van der Waals surface area contributed by atoms with E-state index in [-0.39, 0.29) is 34.3 Å². The molecule has 172 valence electrons. The van der Waals surface area contributed by atoms with E-state index in [4.69, 9.17) is 0 Å². The Kier molecular flexibility index (Phi) is 6.06. The number of anilines is 1. The smallest absolute Gasteiger partial charge is 0.244 e. The van der Waals surface area contributed by atoms with Crippen molar-refractivity contribution < 1.29 is 22.8 Å². The van der Waals surface area contributed by atoms with E-state index in [0.717, 1.165) is 35.4 Å². The molecule has 1 heterocycles. The standard InChI is InChI=1S/C26H19F3N2O3/c1-14-3-4-16(9-15(14)2)25(33)20-12-31(23-8-5-17(27)10-19(23)26(20)34)13-24(32)30-18-6-7-21(28)22(29)11-18/h3-12H,13H2,1-2H3,(H,30,32). The molecule has 8 heteroatoms. The summed E-state index contributed by atoms with van der Waals surface area (Å²) in [5, 5.41) is 2.38. The molecule has 0 atom stereocenters. The predicted molar refractivity (Wildman–Crippen MR) is 123 cm³/mol. The molecule has 0 aliphatic rings. The molecule has 0 bridgehead atoms. The largest absolute Gasteiger partial charge is 0.337 e. The normalized spacial score (nSPS) is 11.0. The van der Waals surface area contributed by atoms with Gasteiger partial charge in [-0.3, -0.25) is 14.4 Å². The number of rotatable bonds is 5. The molecule has 0 fully saturated rings. The van der Waals surface area contributed by atoms with Crippen LogP contribution in [0.15, 0.2) is 65.6 Å². The molecule has 1 amide bonds. The Balaban J connectivity index is 1.76.